The van der Waals surface area contributed by atoms with Crippen molar-refractivity contribution in [3.63, 3.8) is 0 Å². The Morgan fingerprint density at radius 3 is 2.42 bits per heavy atom. The topological polar surface area (TPSA) is 18.1 Å². The van der Waals surface area contributed by atoms with E-state index in [-0.39, 0.29) is 5.41 Å². The van der Waals surface area contributed by atoms with Crippen LogP contribution >= 0.6 is 0 Å². The minimum Gasteiger partial charge on any atom is -0.465 e. The molecule has 2 aromatic heterocycles. The van der Waals surface area contributed by atoms with E-state index in [0.717, 1.165) is 24.5 Å². The molecule has 0 radical (unpaired) electrons. The van der Waals surface area contributed by atoms with Crippen LogP contribution in [-0.4, -0.2) is 4.57 Å². The average Bonchev–Trinajstić information content (AvgIpc) is 3.29. The van der Waals surface area contributed by atoms with Crippen LogP contribution in [0.3, 0.4) is 0 Å². The van der Waals surface area contributed by atoms with Crippen molar-refractivity contribution in [1.82, 2.24) is 4.57 Å². The second kappa shape index (κ2) is 8.44. The van der Waals surface area contributed by atoms with Crippen LogP contribution in [0.5, 0.6) is 0 Å². The van der Waals surface area contributed by atoms with E-state index in [9.17, 15) is 0 Å². The van der Waals surface area contributed by atoms with Crippen LogP contribution in [0.2, 0.25) is 0 Å². The highest BCUT2D eigenvalue weighted by molar-refractivity contribution is 5.32. The summed E-state index contributed by atoms with van der Waals surface area (Å²) in [5, 5.41) is 0. The Balaban J connectivity index is 1.91. The first-order chi connectivity index (χ1) is 12.6. The van der Waals surface area contributed by atoms with Crippen LogP contribution in [0.1, 0.15) is 68.7 Å². The van der Waals surface area contributed by atoms with Crippen LogP contribution in [0.4, 0.5) is 0 Å². The molecule has 2 nitrogen and oxygen atoms in total. The fraction of sp³-hybridized carbons (Fsp3) is 0.417. The summed E-state index contributed by atoms with van der Waals surface area (Å²) >= 11 is 0. The van der Waals surface area contributed by atoms with Crippen LogP contribution in [0, 0.1) is 6.92 Å². The van der Waals surface area contributed by atoms with Gasteiger partial charge in [-0.2, -0.15) is 0 Å². The Hall–Kier alpha value is -2.22. The number of rotatable bonds is 9. The van der Waals surface area contributed by atoms with Gasteiger partial charge >= 0.3 is 0 Å². The van der Waals surface area contributed by atoms with Crippen molar-refractivity contribution >= 4 is 0 Å². The van der Waals surface area contributed by atoms with E-state index >= 15 is 0 Å². The SMILES string of the molecule is CCCCCCC(C)(c1ccc(C)o1)c1cccn1Cc1ccccc1. The van der Waals surface area contributed by atoms with Crippen LogP contribution in [0.15, 0.2) is 65.2 Å². The van der Waals surface area contributed by atoms with Gasteiger partial charge in [-0.05, 0) is 50.1 Å². The van der Waals surface area contributed by atoms with E-state index in [1.54, 1.807) is 0 Å². The maximum absolute atomic E-state index is 6.12. The number of nitrogens with zero attached hydrogens (tertiary/aromatic N) is 1. The molecule has 0 N–H and O–H groups in total. The second-order valence-corrected chi connectivity index (χ2v) is 7.56. The molecule has 0 aliphatic carbocycles. The van der Waals surface area contributed by atoms with Crippen molar-refractivity contribution < 1.29 is 4.42 Å². The summed E-state index contributed by atoms with van der Waals surface area (Å²) in [7, 11) is 0. The molecule has 0 spiro atoms. The Morgan fingerprint density at radius 1 is 0.923 bits per heavy atom. The first-order valence-electron chi connectivity index (χ1n) is 9.90. The van der Waals surface area contributed by atoms with Gasteiger partial charge in [0, 0.05) is 18.4 Å². The molecule has 0 amide bonds. The van der Waals surface area contributed by atoms with Crippen molar-refractivity contribution in [2.45, 2.75) is 64.8 Å². The number of unbranched alkanes of at least 4 members (excludes halogenated alkanes) is 3. The standard InChI is InChI=1S/C24H31NO/c1-4-5-6-10-17-24(3,23-16-15-20(2)26-23)22-14-11-18-25(22)19-21-12-8-7-9-13-21/h7-9,11-16,18H,4-6,10,17,19H2,1-3H3. The molecule has 3 rings (SSSR count). The molecule has 0 saturated heterocycles. The van der Waals surface area contributed by atoms with Gasteiger partial charge in [0.1, 0.15) is 11.5 Å². The number of hydrogen-bond acceptors (Lipinski definition) is 1. The molecule has 1 aromatic carbocycles. The lowest BCUT2D eigenvalue weighted by Gasteiger charge is -2.30. The molecule has 0 aliphatic heterocycles. The molecular formula is C24H31NO. The van der Waals surface area contributed by atoms with Gasteiger partial charge in [0.25, 0.3) is 0 Å². The smallest absolute Gasteiger partial charge is 0.115 e. The first-order valence-corrected chi connectivity index (χ1v) is 9.90. The molecule has 1 atom stereocenters. The zero-order chi connectivity index (χ0) is 18.4. The third kappa shape index (κ3) is 4.12. The Morgan fingerprint density at radius 2 is 1.73 bits per heavy atom. The van der Waals surface area contributed by atoms with E-state index in [0.29, 0.717) is 0 Å². The molecule has 1 unspecified atom stereocenters. The van der Waals surface area contributed by atoms with Crippen molar-refractivity contribution in [3.05, 3.63) is 83.6 Å². The number of benzene rings is 1. The van der Waals surface area contributed by atoms with Crippen LogP contribution in [-0.2, 0) is 12.0 Å². The number of aryl methyl sites for hydroxylation is 1. The first kappa shape index (κ1) is 18.6. The average molecular weight is 350 g/mol. The van der Waals surface area contributed by atoms with Gasteiger partial charge in [0.05, 0.1) is 5.41 Å². The highest BCUT2D eigenvalue weighted by atomic mass is 16.3. The highest BCUT2D eigenvalue weighted by Gasteiger charge is 2.34. The van der Waals surface area contributed by atoms with Crippen molar-refractivity contribution in [1.29, 1.82) is 0 Å². The Labute approximate surface area is 157 Å². The molecular weight excluding hydrogens is 318 g/mol. The number of hydrogen-bond donors (Lipinski definition) is 0. The quantitative estimate of drug-likeness (QED) is 0.392. The normalized spacial score (nSPS) is 13.7. The summed E-state index contributed by atoms with van der Waals surface area (Å²) in [5.74, 6) is 2.07. The summed E-state index contributed by atoms with van der Waals surface area (Å²) < 4.78 is 8.50. The van der Waals surface area contributed by atoms with E-state index in [2.05, 4.69) is 79.2 Å². The van der Waals surface area contributed by atoms with E-state index < -0.39 is 0 Å². The van der Waals surface area contributed by atoms with Crippen molar-refractivity contribution in [3.8, 4) is 0 Å². The zero-order valence-corrected chi connectivity index (χ0v) is 16.4. The van der Waals surface area contributed by atoms with Gasteiger partial charge < -0.3 is 8.98 Å². The summed E-state index contributed by atoms with van der Waals surface area (Å²) in [4.78, 5) is 0. The fourth-order valence-corrected chi connectivity index (χ4v) is 3.85. The molecule has 2 heteroatoms. The lowest BCUT2D eigenvalue weighted by atomic mass is 9.79. The largest absolute Gasteiger partial charge is 0.465 e. The Kier molecular flexibility index (Phi) is 6.03. The molecule has 2 heterocycles. The lowest BCUT2D eigenvalue weighted by molar-refractivity contribution is 0.352. The third-order valence-electron chi connectivity index (χ3n) is 5.41. The van der Waals surface area contributed by atoms with Gasteiger partial charge in [-0.3, -0.25) is 0 Å². The molecule has 0 fully saturated rings. The molecule has 0 bridgehead atoms. The van der Waals surface area contributed by atoms with Gasteiger partial charge in [0.15, 0.2) is 0 Å². The van der Waals surface area contributed by atoms with E-state index in [1.807, 2.05) is 6.92 Å². The molecule has 3 aromatic rings. The fourth-order valence-electron chi connectivity index (χ4n) is 3.85. The minimum absolute atomic E-state index is 0.0969. The summed E-state index contributed by atoms with van der Waals surface area (Å²) in [6.45, 7) is 7.53. The third-order valence-corrected chi connectivity index (χ3v) is 5.41. The maximum atomic E-state index is 6.12. The monoisotopic (exact) mass is 349 g/mol. The zero-order valence-electron chi connectivity index (χ0n) is 16.4. The van der Waals surface area contributed by atoms with Crippen molar-refractivity contribution in [2.24, 2.45) is 0 Å². The Bertz CT molecular complexity index is 798. The highest BCUT2D eigenvalue weighted by Crippen LogP contribution is 2.38. The predicted octanol–water partition coefficient (Wildman–Crippen LogP) is 6.71. The molecule has 26 heavy (non-hydrogen) atoms. The lowest BCUT2D eigenvalue weighted by Crippen LogP contribution is -2.27. The predicted molar refractivity (Wildman–Crippen MR) is 109 cm³/mol. The summed E-state index contributed by atoms with van der Waals surface area (Å²) in [6.07, 6.45) is 8.38. The molecule has 0 saturated carbocycles. The number of furan rings is 1. The maximum Gasteiger partial charge on any atom is 0.115 e. The van der Waals surface area contributed by atoms with Crippen LogP contribution < -0.4 is 0 Å². The second-order valence-electron chi connectivity index (χ2n) is 7.56. The van der Waals surface area contributed by atoms with E-state index in [1.165, 1.54) is 36.9 Å². The van der Waals surface area contributed by atoms with Gasteiger partial charge in [-0.1, -0.05) is 62.9 Å². The number of aromatic nitrogens is 1. The molecule has 0 aliphatic rings. The van der Waals surface area contributed by atoms with Gasteiger partial charge in [0.2, 0.25) is 0 Å². The van der Waals surface area contributed by atoms with Crippen molar-refractivity contribution in [2.75, 3.05) is 0 Å². The van der Waals surface area contributed by atoms with E-state index in [4.69, 9.17) is 4.42 Å². The summed E-state index contributed by atoms with van der Waals surface area (Å²) in [6, 6.07) is 19.4. The minimum atomic E-state index is -0.0969. The summed E-state index contributed by atoms with van der Waals surface area (Å²) in [5.41, 5.74) is 2.57. The van der Waals surface area contributed by atoms with Gasteiger partial charge in [-0.25, -0.2) is 0 Å². The van der Waals surface area contributed by atoms with Crippen LogP contribution in [0.25, 0.3) is 0 Å². The molecule has 138 valence electrons. The van der Waals surface area contributed by atoms with Gasteiger partial charge in [-0.15, -0.1) is 0 Å².